The smallest absolute Gasteiger partial charge is 0.303 e. The van der Waals surface area contributed by atoms with Crippen LogP contribution in [0.25, 0.3) is 0 Å². The lowest BCUT2D eigenvalue weighted by Gasteiger charge is -2.15. The van der Waals surface area contributed by atoms with Crippen LogP contribution in [0, 0.1) is 0 Å². The van der Waals surface area contributed by atoms with Crippen molar-refractivity contribution in [1.29, 1.82) is 0 Å². The second-order valence-electron chi connectivity index (χ2n) is 3.09. The van der Waals surface area contributed by atoms with Gasteiger partial charge in [0.05, 0.1) is 0 Å². The molecule has 0 aliphatic heterocycles. The second-order valence-corrected chi connectivity index (χ2v) is 3.09. The summed E-state index contributed by atoms with van der Waals surface area (Å²) in [6, 6.07) is 9.32. The number of nitrogens with two attached hydrogens (primary N) is 1. The van der Waals surface area contributed by atoms with E-state index in [0.717, 1.165) is 5.75 Å². The van der Waals surface area contributed by atoms with Crippen molar-refractivity contribution in [1.82, 2.24) is 0 Å². The summed E-state index contributed by atoms with van der Waals surface area (Å²) < 4.78 is 10.3. The number of para-hydroxylation sites is 1. The number of hydrogen-bond donors (Lipinski definition) is 1. The lowest BCUT2D eigenvalue weighted by atomic mass is 10.3. The summed E-state index contributed by atoms with van der Waals surface area (Å²) in [4.78, 5) is 10.7. The number of ether oxygens (including phenoxy) is 2. The van der Waals surface area contributed by atoms with Gasteiger partial charge in [0.25, 0.3) is 0 Å². The fourth-order valence-corrected chi connectivity index (χ4v) is 1.09. The van der Waals surface area contributed by atoms with E-state index in [1.165, 1.54) is 6.92 Å². The van der Waals surface area contributed by atoms with E-state index in [1.807, 2.05) is 30.3 Å². The maximum Gasteiger partial charge on any atom is 0.303 e. The molecular formula is C11H16ClNO3. The molecule has 0 radical (unpaired) electrons. The molecule has 0 aliphatic carbocycles. The summed E-state index contributed by atoms with van der Waals surface area (Å²) in [7, 11) is 0. The van der Waals surface area contributed by atoms with E-state index in [0.29, 0.717) is 0 Å². The molecule has 1 aromatic rings. The monoisotopic (exact) mass is 245 g/mol. The SMILES string of the molecule is CC(=O)OC(CN)COc1ccccc1.Cl. The van der Waals surface area contributed by atoms with Gasteiger partial charge in [-0.15, -0.1) is 12.4 Å². The number of hydrogen-bond acceptors (Lipinski definition) is 4. The number of benzene rings is 1. The number of carbonyl (C=O) groups excluding carboxylic acids is 1. The molecule has 0 aromatic heterocycles. The van der Waals surface area contributed by atoms with Crippen molar-refractivity contribution in [2.45, 2.75) is 13.0 Å². The molecule has 1 atom stereocenters. The topological polar surface area (TPSA) is 61.5 Å². The van der Waals surface area contributed by atoms with Crippen LogP contribution in [0.3, 0.4) is 0 Å². The highest BCUT2D eigenvalue weighted by molar-refractivity contribution is 5.85. The van der Waals surface area contributed by atoms with Crippen LogP contribution in [-0.4, -0.2) is 25.2 Å². The van der Waals surface area contributed by atoms with Gasteiger partial charge in [-0.05, 0) is 12.1 Å². The van der Waals surface area contributed by atoms with E-state index in [4.69, 9.17) is 15.2 Å². The molecule has 4 nitrogen and oxygen atoms in total. The van der Waals surface area contributed by atoms with Gasteiger partial charge in [-0.1, -0.05) is 18.2 Å². The summed E-state index contributed by atoms with van der Waals surface area (Å²) in [5.41, 5.74) is 5.43. The highest BCUT2D eigenvalue weighted by Gasteiger charge is 2.10. The van der Waals surface area contributed by atoms with Crippen LogP contribution >= 0.6 is 12.4 Å². The molecule has 0 bridgehead atoms. The van der Waals surface area contributed by atoms with Crippen molar-refractivity contribution in [3.8, 4) is 5.75 Å². The van der Waals surface area contributed by atoms with E-state index in [2.05, 4.69) is 0 Å². The normalized spacial score (nSPS) is 11.1. The van der Waals surface area contributed by atoms with Crippen LogP contribution < -0.4 is 10.5 Å². The predicted molar refractivity (Wildman–Crippen MR) is 63.8 cm³/mol. The molecule has 5 heteroatoms. The van der Waals surface area contributed by atoms with Crippen molar-refractivity contribution in [2.24, 2.45) is 5.73 Å². The van der Waals surface area contributed by atoms with Crippen LogP contribution in [-0.2, 0) is 9.53 Å². The quantitative estimate of drug-likeness (QED) is 0.796. The molecule has 16 heavy (non-hydrogen) atoms. The molecule has 1 unspecified atom stereocenters. The predicted octanol–water partition coefficient (Wildman–Crippen LogP) is 1.38. The number of esters is 1. The minimum absolute atomic E-state index is 0. The Morgan fingerprint density at radius 3 is 2.50 bits per heavy atom. The first kappa shape index (κ1) is 14.7. The van der Waals surface area contributed by atoms with Crippen LogP contribution in [0.15, 0.2) is 30.3 Å². The summed E-state index contributed by atoms with van der Waals surface area (Å²) in [5, 5.41) is 0. The Morgan fingerprint density at radius 2 is 2.00 bits per heavy atom. The van der Waals surface area contributed by atoms with Gasteiger partial charge in [-0.3, -0.25) is 4.79 Å². The van der Waals surface area contributed by atoms with Crippen molar-refractivity contribution >= 4 is 18.4 Å². The summed E-state index contributed by atoms with van der Waals surface area (Å²) >= 11 is 0. The second kappa shape index (κ2) is 7.96. The molecule has 2 N–H and O–H groups in total. The van der Waals surface area contributed by atoms with Gasteiger partial charge in [0, 0.05) is 13.5 Å². The molecule has 1 rings (SSSR count). The van der Waals surface area contributed by atoms with E-state index in [1.54, 1.807) is 0 Å². The zero-order valence-corrected chi connectivity index (χ0v) is 9.91. The Hall–Kier alpha value is -1.26. The third-order valence-electron chi connectivity index (χ3n) is 1.77. The fourth-order valence-electron chi connectivity index (χ4n) is 1.09. The van der Waals surface area contributed by atoms with Gasteiger partial charge in [0.1, 0.15) is 18.5 Å². The first-order valence-electron chi connectivity index (χ1n) is 4.77. The molecule has 0 aliphatic rings. The summed E-state index contributed by atoms with van der Waals surface area (Å²) in [5.74, 6) is 0.394. The molecule has 0 saturated heterocycles. The van der Waals surface area contributed by atoms with Crippen molar-refractivity contribution in [2.75, 3.05) is 13.2 Å². The average Bonchev–Trinajstić information content (AvgIpc) is 2.25. The molecule has 0 spiro atoms. The van der Waals surface area contributed by atoms with E-state index in [9.17, 15) is 4.79 Å². The molecular weight excluding hydrogens is 230 g/mol. The van der Waals surface area contributed by atoms with Gasteiger partial charge < -0.3 is 15.2 Å². The van der Waals surface area contributed by atoms with Crippen molar-refractivity contribution in [3.63, 3.8) is 0 Å². The largest absolute Gasteiger partial charge is 0.490 e. The first-order chi connectivity index (χ1) is 7.22. The van der Waals surface area contributed by atoms with Crippen LogP contribution in [0.1, 0.15) is 6.92 Å². The first-order valence-corrected chi connectivity index (χ1v) is 4.77. The van der Waals surface area contributed by atoms with E-state index in [-0.39, 0.29) is 37.6 Å². The number of carbonyl (C=O) groups is 1. The van der Waals surface area contributed by atoms with E-state index < -0.39 is 0 Å². The van der Waals surface area contributed by atoms with Gasteiger partial charge in [0.2, 0.25) is 0 Å². The van der Waals surface area contributed by atoms with E-state index >= 15 is 0 Å². The van der Waals surface area contributed by atoms with Gasteiger partial charge >= 0.3 is 5.97 Å². The minimum atomic E-state index is -0.386. The molecule has 1 aromatic carbocycles. The van der Waals surface area contributed by atoms with Crippen LogP contribution in [0.5, 0.6) is 5.75 Å². The lowest BCUT2D eigenvalue weighted by molar-refractivity contribution is -0.147. The Balaban J connectivity index is 0.00000225. The third-order valence-corrected chi connectivity index (χ3v) is 1.77. The molecule has 0 saturated carbocycles. The summed E-state index contributed by atoms with van der Waals surface area (Å²) in [6.45, 7) is 1.89. The Labute approximate surface area is 101 Å². The zero-order valence-electron chi connectivity index (χ0n) is 9.09. The summed E-state index contributed by atoms with van der Waals surface area (Å²) in [6.07, 6.45) is -0.386. The Kier molecular flexibility index (Phi) is 7.33. The third kappa shape index (κ3) is 5.58. The highest BCUT2D eigenvalue weighted by atomic mass is 35.5. The van der Waals surface area contributed by atoms with Crippen LogP contribution in [0.2, 0.25) is 0 Å². The van der Waals surface area contributed by atoms with Gasteiger partial charge in [0.15, 0.2) is 0 Å². The van der Waals surface area contributed by atoms with Gasteiger partial charge in [-0.2, -0.15) is 0 Å². The van der Waals surface area contributed by atoms with Crippen molar-refractivity contribution < 1.29 is 14.3 Å². The van der Waals surface area contributed by atoms with Gasteiger partial charge in [-0.25, -0.2) is 0 Å². The molecule has 0 fully saturated rings. The highest BCUT2D eigenvalue weighted by Crippen LogP contribution is 2.08. The molecule has 90 valence electrons. The number of rotatable bonds is 5. The standard InChI is InChI=1S/C11H15NO3.ClH/c1-9(13)15-11(7-12)8-14-10-5-3-2-4-6-10;/h2-6,11H,7-8,12H2,1H3;1H. The maximum absolute atomic E-state index is 10.7. The molecule has 0 heterocycles. The zero-order chi connectivity index (χ0) is 11.1. The minimum Gasteiger partial charge on any atom is -0.490 e. The van der Waals surface area contributed by atoms with Crippen molar-refractivity contribution in [3.05, 3.63) is 30.3 Å². The van der Waals surface area contributed by atoms with Crippen LogP contribution in [0.4, 0.5) is 0 Å². The number of halogens is 1. The Morgan fingerprint density at radius 1 is 1.38 bits per heavy atom. The maximum atomic E-state index is 10.7. The Bertz CT molecular complexity index is 305. The molecule has 0 amide bonds. The lowest BCUT2D eigenvalue weighted by Crippen LogP contribution is -2.31. The fraction of sp³-hybridized carbons (Fsp3) is 0.364. The average molecular weight is 246 g/mol.